The Morgan fingerprint density at radius 3 is 2.06 bits per heavy atom. The number of rotatable bonds is 5. The van der Waals surface area contributed by atoms with Gasteiger partial charge in [-0.1, -0.05) is 29.3 Å². The normalized spacial score (nSPS) is 12.8. The van der Waals surface area contributed by atoms with E-state index in [1.807, 2.05) is 0 Å². The van der Waals surface area contributed by atoms with Gasteiger partial charge in [0, 0.05) is 0 Å². The zero-order chi connectivity index (χ0) is 25.3. The monoisotopic (exact) mass is 528 g/mol. The first-order valence-corrected chi connectivity index (χ1v) is 8.83. The van der Waals surface area contributed by atoms with E-state index in [9.17, 15) is 49.1 Å². The lowest BCUT2D eigenvalue weighted by Crippen LogP contribution is -2.45. The molecular weight excluding hydrogens is 522 g/mol. The first kappa shape index (κ1) is 26.4. The third kappa shape index (κ3) is 5.93. The van der Waals surface area contributed by atoms with Gasteiger partial charge in [-0.3, -0.25) is 10.1 Å². The molecule has 2 aromatic carbocycles. The highest BCUT2D eigenvalue weighted by molar-refractivity contribution is 6.37. The van der Waals surface area contributed by atoms with Crippen molar-refractivity contribution in [2.24, 2.45) is 0 Å². The molecule has 0 saturated carbocycles. The maximum atomic E-state index is 14.3. The summed E-state index contributed by atoms with van der Waals surface area (Å²) in [6.07, 6.45) is -16.4. The van der Waals surface area contributed by atoms with Gasteiger partial charge in [0.15, 0.2) is 11.6 Å². The van der Waals surface area contributed by atoms with Crippen LogP contribution in [0.5, 0.6) is 5.75 Å². The van der Waals surface area contributed by atoms with Crippen LogP contribution in [-0.2, 0) is 0 Å². The van der Waals surface area contributed by atoms with E-state index in [1.165, 1.54) is 5.32 Å². The number of imide groups is 1. The van der Waals surface area contributed by atoms with Gasteiger partial charge in [-0.2, -0.15) is 22.0 Å². The Kier molecular flexibility index (Phi) is 7.63. The fourth-order valence-electron chi connectivity index (χ4n) is 2.18. The third-order valence-corrected chi connectivity index (χ3v) is 4.22. The van der Waals surface area contributed by atoms with Crippen LogP contribution in [0.3, 0.4) is 0 Å². The molecule has 0 radical (unpaired) electrons. The van der Waals surface area contributed by atoms with Crippen molar-refractivity contribution in [2.75, 3.05) is 5.32 Å². The van der Waals surface area contributed by atoms with Crippen molar-refractivity contribution in [3.05, 3.63) is 57.3 Å². The Hall–Kier alpha value is -2.87. The molecule has 0 aliphatic rings. The second kappa shape index (κ2) is 9.55. The molecular formula is C17H7Cl2F9N2O3. The summed E-state index contributed by atoms with van der Waals surface area (Å²) in [6.45, 7) is 0. The second-order valence-corrected chi connectivity index (χ2v) is 6.72. The number of amides is 3. The number of carbonyl (C=O) groups is 2. The van der Waals surface area contributed by atoms with Gasteiger partial charge < -0.3 is 10.1 Å². The van der Waals surface area contributed by atoms with Gasteiger partial charge >= 0.3 is 18.3 Å². The minimum absolute atomic E-state index is 0.322. The molecule has 1 atom stereocenters. The topological polar surface area (TPSA) is 67.4 Å². The van der Waals surface area contributed by atoms with Crippen molar-refractivity contribution in [3.8, 4) is 5.75 Å². The molecule has 3 amide bonds. The first-order valence-electron chi connectivity index (χ1n) is 8.07. The Labute approximate surface area is 187 Å². The Balaban J connectivity index is 2.25. The summed E-state index contributed by atoms with van der Waals surface area (Å²) in [5.41, 5.74) is -2.19. The number of hydrogen-bond donors (Lipinski definition) is 2. The molecule has 180 valence electrons. The van der Waals surface area contributed by atoms with Crippen molar-refractivity contribution >= 4 is 40.8 Å². The van der Waals surface area contributed by atoms with Crippen LogP contribution in [0, 0.1) is 17.5 Å². The zero-order valence-electron chi connectivity index (χ0n) is 15.3. The lowest BCUT2D eigenvalue weighted by molar-refractivity contribution is -0.304. The summed E-state index contributed by atoms with van der Waals surface area (Å²) < 4.78 is 121. The van der Waals surface area contributed by atoms with Crippen molar-refractivity contribution in [2.45, 2.75) is 18.5 Å². The molecule has 0 unspecified atom stereocenters. The summed E-state index contributed by atoms with van der Waals surface area (Å²) in [4.78, 5) is 23.7. The van der Waals surface area contributed by atoms with E-state index >= 15 is 0 Å². The SMILES string of the molecule is O=C(NC(=O)c1c(F)cccc1F)Nc1cc(Cl)c(OC(F)(F)[C@@H](F)C(F)(F)F)c(Cl)c1F. The summed E-state index contributed by atoms with van der Waals surface area (Å²) in [5, 5.41) is 0.454. The molecule has 0 heterocycles. The zero-order valence-corrected chi connectivity index (χ0v) is 16.8. The Bertz CT molecular complexity index is 1080. The predicted molar refractivity (Wildman–Crippen MR) is 95.8 cm³/mol. The molecule has 0 fully saturated rings. The number of anilines is 1. The Morgan fingerprint density at radius 1 is 1.00 bits per heavy atom. The van der Waals surface area contributed by atoms with Crippen molar-refractivity contribution in [3.63, 3.8) is 0 Å². The largest absolute Gasteiger partial charge is 0.439 e. The van der Waals surface area contributed by atoms with Crippen LogP contribution in [0.2, 0.25) is 10.0 Å². The number of halogens is 11. The smallest absolute Gasteiger partial charge is 0.427 e. The van der Waals surface area contributed by atoms with Gasteiger partial charge in [0.05, 0.1) is 10.7 Å². The number of benzene rings is 2. The van der Waals surface area contributed by atoms with Crippen LogP contribution in [0.15, 0.2) is 24.3 Å². The molecule has 0 spiro atoms. The third-order valence-electron chi connectivity index (χ3n) is 3.60. The first-order chi connectivity index (χ1) is 15.1. The van der Waals surface area contributed by atoms with Crippen molar-refractivity contribution in [1.82, 2.24) is 5.32 Å². The minimum Gasteiger partial charge on any atom is -0.427 e. The minimum atomic E-state index is -6.05. The predicted octanol–water partition coefficient (Wildman–Crippen LogP) is 6.24. The van der Waals surface area contributed by atoms with E-state index in [0.29, 0.717) is 18.2 Å². The molecule has 0 bridgehead atoms. The fraction of sp³-hybridized carbons (Fsp3) is 0.176. The van der Waals surface area contributed by atoms with Gasteiger partial charge in [-0.15, -0.1) is 0 Å². The molecule has 0 aromatic heterocycles. The van der Waals surface area contributed by atoms with Gasteiger partial charge in [-0.25, -0.2) is 22.4 Å². The molecule has 5 nitrogen and oxygen atoms in total. The van der Waals surface area contributed by atoms with Gasteiger partial charge in [0.25, 0.3) is 12.1 Å². The Morgan fingerprint density at radius 2 is 1.55 bits per heavy atom. The van der Waals surface area contributed by atoms with Gasteiger partial charge in [-0.05, 0) is 18.2 Å². The number of carbonyl (C=O) groups excluding carboxylic acids is 2. The van der Waals surface area contributed by atoms with E-state index in [1.54, 1.807) is 5.32 Å². The number of nitrogens with one attached hydrogen (secondary N) is 2. The molecule has 0 aliphatic heterocycles. The maximum Gasteiger partial charge on any atom is 0.439 e. The lowest BCUT2D eigenvalue weighted by Gasteiger charge is -2.24. The van der Waals surface area contributed by atoms with E-state index < -0.39 is 74.9 Å². The van der Waals surface area contributed by atoms with Crippen molar-refractivity contribution in [1.29, 1.82) is 0 Å². The second-order valence-electron chi connectivity index (χ2n) is 5.94. The summed E-state index contributed by atoms with van der Waals surface area (Å²) in [7, 11) is 0. The van der Waals surface area contributed by atoms with Gasteiger partial charge in [0.2, 0.25) is 0 Å². The highest BCUT2D eigenvalue weighted by Gasteiger charge is 2.59. The van der Waals surface area contributed by atoms with Crippen LogP contribution in [0.4, 0.5) is 50.0 Å². The van der Waals surface area contributed by atoms with Crippen LogP contribution in [0.1, 0.15) is 10.4 Å². The maximum absolute atomic E-state index is 14.3. The summed E-state index contributed by atoms with van der Waals surface area (Å²) in [6, 6.07) is 1.04. The number of alkyl halides is 6. The quantitative estimate of drug-likeness (QED) is 0.356. The van der Waals surface area contributed by atoms with E-state index in [4.69, 9.17) is 23.2 Å². The van der Waals surface area contributed by atoms with Crippen molar-refractivity contribution < 1.29 is 53.8 Å². The molecule has 2 N–H and O–H groups in total. The van der Waals surface area contributed by atoms with Crippen LogP contribution < -0.4 is 15.4 Å². The lowest BCUT2D eigenvalue weighted by atomic mass is 10.2. The molecule has 2 rings (SSSR count). The molecule has 33 heavy (non-hydrogen) atoms. The van der Waals surface area contributed by atoms with E-state index in [-0.39, 0.29) is 0 Å². The average molecular weight is 529 g/mol. The standard InChI is InChI=1S/C17H7Cl2F9N2O3/c18-5-4-8(29-15(32)30-13(31)9-6(20)2-1-3-7(9)21)11(22)10(19)12(5)33-17(27,28)14(23)16(24,25)26/h1-4,14H,(H2,29,30,31,32)/t14-/m0/s1. The molecule has 0 aliphatic carbocycles. The highest BCUT2D eigenvalue weighted by Crippen LogP contribution is 2.44. The molecule has 2 aromatic rings. The number of hydrogen-bond acceptors (Lipinski definition) is 3. The summed E-state index contributed by atoms with van der Waals surface area (Å²) >= 11 is 10.9. The molecule has 0 saturated heterocycles. The van der Waals surface area contributed by atoms with E-state index in [0.717, 1.165) is 6.07 Å². The van der Waals surface area contributed by atoms with E-state index in [2.05, 4.69) is 4.74 Å². The molecule has 16 heteroatoms. The average Bonchev–Trinajstić information content (AvgIpc) is 2.67. The number of ether oxygens (including phenoxy) is 1. The van der Waals surface area contributed by atoms with Crippen LogP contribution >= 0.6 is 23.2 Å². The van der Waals surface area contributed by atoms with Gasteiger partial charge in [0.1, 0.15) is 22.2 Å². The van der Waals surface area contributed by atoms with Crippen LogP contribution in [0.25, 0.3) is 0 Å². The fourth-order valence-corrected chi connectivity index (χ4v) is 2.71. The number of urea groups is 1. The highest BCUT2D eigenvalue weighted by atomic mass is 35.5. The summed E-state index contributed by atoms with van der Waals surface area (Å²) in [5.74, 6) is -7.67. The van der Waals surface area contributed by atoms with Crippen LogP contribution in [-0.4, -0.2) is 30.4 Å².